The van der Waals surface area contributed by atoms with Crippen LogP contribution in [-0.4, -0.2) is 33.1 Å². The molecule has 100 valence electrons. The molecule has 3 nitrogen and oxygen atoms in total. The molecule has 1 aromatic rings. The molecule has 1 unspecified atom stereocenters. The largest absolute Gasteiger partial charge is 0.350 e. The van der Waals surface area contributed by atoms with Crippen molar-refractivity contribution >= 4 is 5.91 Å². The second-order valence-electron chi connectivity index (χ2n) is 5.38. The number of likely N-dealkylation sites (N-methyl/N-ethyl adjacent to an activating group) is 1. The number of rotatable bonds is 6. The van der Waals surface area contributed by atoms with Crippen LogP contribution < -0.4 is 10.2 Å². The quantitative estimate of drug-likeness (QED) is 0.764. The van der Waals surface area contributed by atoms with Crippen molar-refractivity contribution in [2.45, 2.75) is 19.8 Å². The standard InChI is InChI=1S/C15H24N2O/c1-12(2)14(13-8-6-5-7-9-13)15(18)16-10-11-17(3)4/h5-9,12,14H,10-11H2,1-4H3,(H,16,18)/p+1. The predicted molar refractivity (Wildman–Crippen MR) is 74.7 cm³/mol. The van der Waals surface area contributed by atoms with Gasteiger partial charge >= 0.3 is 0 Å². The number of benzene rings is 1. The third-order valence-electron chi connectivity index (χ3n) is 3.03. The van der Waals surface area contributed by atoms with Gasteiger partial charge in [0.1, 0.15) is 0 Å². The summed E-state index contributed by atoms with van der Waals surface area (Å²) in [5.41, 5.74) is 1.10. The van der Waals surface area contributed by atoms with Crippen molar-refractivity contribution in [2.75, 3.05) is 27.2 Å². The maximum Gasteiger partial charge on any atom is 0.228 e. The number of amides is 1. The van der Waals surface area contributed by atoms with E-state index >= 15 is 0 Å². The van der Waals surface area contributed by atoms with Gasteiger partial charge in [-0.1, -0.05) is 44.2 Å². The molecule has 18 heavy (non-hydrogen) atoms. The molecular formula is C15H25N2O+. The van der Waals surface area contributed by atoms with Crippen LogP contribution >= 0.6 is 0 Å². The van der Waals surface area contributed by atoms with Gasteiger partial charge in [-0.3, -0.25) is 4.79 Å². The SMILES string of the molecule is CC(C)C(C(=O)NCC[NH+](C)C)c1ccccc1. The highest BCUT2D eigenvalue weighted by molar-refractivity contribution is 5.83. The topological polar surface area (TPSA) is 33.5 Å². The fourth-order valence-electron chi connectivity index (χ4n) is 2.05. The van der Waals surface area contributed by atoms with E-state index < -0.39 is 0 Å². The lowest BCUT2D eigenvalue weighted by Gasteiger charge is -2.21. The van der Waals surface area contributed by atoms with E-state index in [0.717, 1.165) is 18.7 Å². The molecule has 1 atom stereocenters. The summed E-state index contributed by atoms with van der Waals surface area (Å²) < 4.78 is 0. The van der Waals surface area contributed by atoms with Gasteiger partial charge in [0.05, 0.1) is 33.1 Å². The van der Waals surface area contributed by atoms with Crippen LogP contribution in [0.25, 0.3) is 0 Å². The first-order valence-corrected chi connectivity index (χ1v) is 6.64. The summed E-state index contributed by atoms with van der Waals surface area (Å²) in [5, 5.41) is 3.03. The molecule has 0 aliphatic carbocycles. The molecule has 0 saturated carbocycles. The van der Waals surface area contributed by atoms with E-state index in [1.165, 1.54) is 4.90 Å². The van der Waals surface area contributed by atoms with Crippen molar-refractivity contribution < 1.29 is 9.69 Å². The Bertz CT molecular complexity index is 360. The highest BCUT2D eigenvalue weighted by atomic mass is 16.1. The van der Waals surface area contributed by atoms with Crippen LogP contribution in [0, 0.1) is 5.92 Å². The van der Waals surface area contributed by atoms with E-state index in [1.54, 1.807) is 0 Å². The van der Waals surface area contributed by atoms with Gasteiger partial charge in [0, 0.05) is 0 Å². The maximum absolute atomic E-state index is 12.2. The van der Waals surface area contributed by atoms with Crippen LogP contribution in [0.4, 0.5) is 0 Å². The molecule has 0 aromatic heterocycles. The molecule has 1 amide bonds. The lowest BCUT2D eigenvalue weighted by Crippen LogP contribution is -3.06. The van der Waals surface area contributed by atoms with Crippen LogP contribution in [0.15, 0.2) is 30.3 Å². The average molecular weight is 249 g/mol. The van der Waals surface area contributed by atoms with Crippen molar-refractivity contribution in [1.82, 2.24) is 5.32 Å². The van der Waals surface area contributed by atoms with Gasteiger partial charge in [-0.2, -0.15) is 0 Å². The van der Waals surface area contributed by atoms with Crippen molar-refractivity contribution in [3.63, 3.8) is 0 Å². The van der Waals surface area contributed by atoms with E-state index in [2.05, 4.69) is 33.3 Å². The fraction of sp³-hybridized carbons (Fsp3) is 0.533. The number of carbonyl (C=O) groups is 1. The predicted octanol–water partition coefficient (Wildman–Crippen LogP) is 0.687. The molecule has 0 spiro atoms. The van der Waals surface area contributed by atoms with Crippen LogP contribution in [0.3, 0.4) is 0 Å². The zero-order valence-electron chi connectivity index (χ0n) is 11.9. The molecule has 0 saturated heterocycles. The molecule has 0 bridgehead atoms. The second-order valence-corrected chi connectivity index (χ2v) is 5.38. The first kappa shape index (κ1) is 14.7. The lowest BCUT2D eigenvalue weighted by molar-refractivity contribution is -0.856. The van der Waals surface area contributed by atoms with Crippen LogP contribution in [0.1, 0.15) is 25.3 Å². The summed E-state index contributed by atoms with van der Waals surface area (Å²) in [4.78, 5) is 13.6. The van der Waals surface area contributed by atoms with Crippen molar-refractivity contribution in [1.29, 1.82) is 0 Å². The van der Waals surface area contributed by atoms with Crippen molar-refractivity contribution in [3.8, 4) is 0 Å². The number of carbonyl (C=O) groups excluding carboxylic acids is 1. The molecule has 1 rings (SSSR count). The van der Waals surface area contributed by atoms with Gasteiger partial charge in [-0.15, -0.1) is 0 Å². The van der Waals surface area contributed by atoms with E-state index in [-0.39, 0.29) is 11.8 Å². The van der Waals surface area contributed by atoms with Gasteiger partial charge in [-0.25, -0.2) is 0 Å². The van der Waals surface area contributed by atoms with Crippen LogP contribution in [0.5, 0.6) is 0 Å². The Morgan fingerprint density at radius 1 is 1.22 bits per heavy atom. The minimum Gasteiger partial charge on any atom is -0.350 e. The molecule has 2 N–H and O–H groups in total. The van der Waals surface area contributed by atoms with Gasteiger partial charge in [0.25, 0.3) is 0 Å². The number of nitrogens with one attached hydrogen (secondary N) is 2. The Hall–Kier alpha value is -1.35. The third kappa shape index (κ3) is 4.49. The number of hydrogen-bond donors (Lipinski definition) is 2. The summed E-state index contributed by atoms with van der Waals surface area (Å²) in [7, 11) is 4.17. The summed E-state index contributed by atoms with van der Waals surface area (Å²) in [5.74, 6) is 0.389. The minimum atomic E-state index is -0.0524. The van der Waals surface area contributed by atoms with Crippen molar-refractivity contribution in [3.05, 3.63) is 35.9 Å². The van der Waals surface area contributed by atoms with Gasteiger partial charge in [0.2, 0.25) is 5.91 Å². The molecular weight excluding hydrogens is 224 g/mol. The van der Waals surface area contributed by atoms with Crippen LogP contribution in [-0.2, 0) is 4.79 Å². The Kier molecular flexibility index (Phi) is 5.86. The van der Waals surface area contributed by atoms with Gasteiger partial charge < -0.3 is 10.2 Å². The Morgan fingerprint density at radius 2 is 1.83 bits per heavy atom. The van der Waals surface area contributed by atoms with Crippen molar-refractivity contribution in [2.24, 2.45) is 5.92 Å². The third-order valence-corrected chi connectivity index (χ3v) is 3.03. The Balaban J connectivity index is 2.65. The molecule has 0 radical (unpaired) electrons. The molecule has 1 aromatic carbocycles. The number of hydrogen-bond acceptors (Lipinski definition) is 1. The zero-order chi connectivity index (χ0) is 13.5. The summed E-state index contributed by atoms with van der Waals surface area (Å²) >= 11 is 0. The van der Waals surface area contributed by atoms with E-state index in [9.17, 15) is 4.79 Å². The lowest BCUT2D eigenvalue weighted by atomic mass is 9.88. The molecule has 0 heterocycles. The Morgan fingerprint density at radius 3 is 2.33 bits per heavy atom. The highest BCUT2D eigenvalue weighted by Crippen LogP contribution is 2.24. The normalized spacial score (nSPS) is 12.8. The second kappa shape index (κ2) is 7.17. The average Bonchev–Trinajstić information content (AvgIpc) is 2.29. The zero-order valence-corrected chi connectivity index (χ0v) is 11.9. The van der Waals surface area contributed by atoms with E-state index in [0.29, 0.717) is 5.92 Å². The number of quaternary nitrogens is 1. The van der Waals surface area contributed by atoms with Crippen LogP contribution in [0.2, 0.25) is 0 Å². The van der Waals surface area contributed by atoms with E-state index in [1.807, 2.05) is 30.3 Å². The molecule has 0 fully saturated rings. The molecule has 0 aliphatic rings. The Labute approximate surface area is 110 Å². The molecule has 3 heteroatoms. The minimum absolute atomic E-state index is 0.0524. The summed E-state index contributed by atoms with van der Waals surface area (Å²) in [6.07, 6.45) is 0. The fourth-order valence-corrected chi connectivity index (χ4v) is 2.05. The van der Waals surface area contributed by atoms with Gasteiger partial charge in [-0.05, 0) is 11.5 Å². The maximum atomic E-state index is 12.2. The van der Waals surface area contributed by atoms with E-state index in [4.69, 9.17) is 0 Å². The van der Waals surface area contributed by atoms with Gasteiger partial charge in [0.15, 0.2) is 0 Å². The molecule has 0 aliphatic heterocycles. The summed E-state index contributed by atoms with van der Waals surface area (Å²) in [6, 6.07) is 10.0. The first-order valence-electron chi connectivity index (χ1n) is 6.64. The first-order chi connectivity index (χ1) is 8.52. The monoisotopic (exact) mass is 249 g/mol. The highest BCUT2D eigenvalue weighted by Gasteiger charge is 2.23. The summed E-state index contributed by atoms with van der Waals surface area (Å²) in [6.45, 7) is 5.87. The smallest absolute Gasteiger partial charge is 0.228 e.